The van der Waals surface area contributed by atoms with Crippen LogP contribution in [-0.2, 0) is 0 Å². The van der Waals surface area contributed by atoms with Gasteiger partial charge in [-0.25, -0.2) is 0 Å². The van der Waals surface area contributed by atoms with E-state index >= 15 is 0 Å². The number of allylic oxidation sites excluding steroid dienone is 2. The third-order valence-electron chi connectivity index (χ3n) is 2.56. The molecule has 1 aliphatic heterocycles. The lowest BCUT2D eigenvalue weighted by Crippen LogP contribution is -1.84. The first kappa shape index (κ1) is 18.1. The average molecular weight is 286 g/mol. The summed E-state index contributed by atoms with van der Waals surface area (Å²) in [6, 6.07) is 8.48. The molecule has 0 atom stereocenters. The number of nitrogens with zero attached hydrogens (tertiary/aromatic N) is 1. The monoisotopic (exact) mass is 286 g/mol. The fourth-order valence-corrected chi connectivity index (χ4v) is 2.38. The molecule has 0 spiro atoms. The summed E-state index contributed by atoms with van der Waals surface area (Å²) in [5, 5.41) is 2.26. The molecule has 0 saturated heterocycles. The third kappa shape index (κ3) is 7.50. The number of thioether (sulfide) groups is 1. The topological polar surface area (TPSA) is 38.4 Å². The highest BCUT2D eigenvalue weighted by atomic mass is 32.2. The second kappa shape index (κ2) is 12.1. The van der Waals surface area contributed by atoms with Crippen LogP contribution in [0.25, 0.3) is 6.08 Å². The number of terminal acetylenes is 1. The maximum Gasteiger partial charge on any atom is 0.0794 e. The van der Waals surface area contributed by atoms with E-state index in [1.165, 1.54) is 35.2 Å². The predicted molar refractivity (Wildman–Crippen MR) is 93.9 cm³/mol. The second-order valence-electron chi connectivity index (χ2n) is 3.91. The van der Waals surface area contributed by atoms with E-state index in [1.807, 2.05) is 11.8 Å². The highest BCUT2D eigenvalue weighted by Crippen LogP contribution is 2.23. The van der Waals surface area contributed by atoms with Gasteiger partial charge in [0.2, 0.25) is 0 Å². The van der Waals surface area contributed by atoms with Crippen LogP contribution in [0.5, 0.6) is 0 Å². The molecule has 20 heavy (non-hydrogen) atoms. The molecule has 2 N–H and O–H groups in total. The van der Waals surface area contributed by atoms with Gasteiger partial charge in [-0.15, -0.1) is 24.6 Å². The number of hydrogen-bond acceptors (Lipinski definition) is 2. The molecule has 2 nitrogen and oxygen atoms in total. The lowest BCUT2D eigenvalue weighted by atomic mass is 10.1. The molecule has 1 aromatic carbocycles. The van der Waals surface area contributed by atoms with Crippen LogP contribution in [0.15, 0.2) is 46.3 Å². The van der Waals surface area contributed by atoms with Crippen molar-refractivity contribution in [3.63, 3.8) is 0 Å². The van der Waals surface area contributed by atoms with Gasteiger partial charge >= 0.3 is 0 Å². The Hall–Kier alpha value is -1.92. The lowest BCUT2D eigenvalue weighted by molar-refractivity contribution is 1.20. The number of hydrogen-bond donors (Lipinski definition) is 1. The predicted octanol–water partition coefficient (Wildman–Crippen LogP) is 3.88. The average Bonchev–Trinajstić information content (AvgIpc) is 3.02. The van der Waals surface area contributed by atoms with E-state index in [2.05, 4.69) is 66.6 Å². The van der Waals surface area contributed by atoms with E-state index in [0.29, 0.717) is 0 Å². The van der Waals surface area contributed by atoms with Crippen LogP contribution in [0.3, 0.4) is 0 Å². The molecular weight excluding hydrogens is 264 g/mol. The Balaban J connectivity index is 0.000000521. The summed E-state index contributed by atoms with van der Waals surface area (Å²) in [7, 11) is 1.62. The van der Waals surface area contributed by atoms with Gasteiger partial charge in [-0.2, -0.15) is 0 Å². The first-order chi connectivity index (χ1) is 9.77. The molecule has 106 valence electrons. The van der Waals surface area contributed by atoms with Crippen molar-refractivity contribution in [2.24, 2.45) is 10.7 Å². The quantitative estimate of drug-likeness (QED) is 0.509. The van der Waals surface area contributed by atoms with Crippen molar-refractivity contribution in [3.05, 3.63) is 52.4 Å². The zero-order chi connectivity index (χ0) is 15.2. The number of aliphatic imine (C=N–C) groups is 1. The van der Waals surface area contributed by atoms with E-state index in [-0.39, 0.29) is 0 Å². The van der Waals surface area contributed by atoms with Crippen LogP contribution < -0.4 is 5.73 Å². The minimum Gasteiger partial charge on any atom is -0.390 e. The highest BCUT2D eigenvalue weighted by Gasteiger charge is 2.00. The molecule has 1 aromatic rings. The normalized spacial score (nSPS) is 13.3. The molecule has 2 rings (SSSR count). The molecule has 1 aliphatic rings. The van der Waals surface area contributed by atoms with Crippen LogP contribution in [0.1, 0.15) is 17.5 Å². The van der Waals surface area contributed by atoms with Gasteiger partial charge in [0.1, 0.15) is 0 Å². The van der Waals surface area contributed by atoms with Gasteiger partial charge in [0, 0.05) is 12.8 Å². The molecule has 0 aromatic heterocycles. The van der Waals surface area contributed by atoms with Crippen molar-refractivity contribution in [1.29, 1.82) is 0 Å². The lowest BCUT2D eigenvalue weighted by Gasteiger charge is -1.98. The van der Waals surface area contributed by atoms with E-state index in [4.69, 9.17) is 5.73 Å². The minimum absolute atomic E-state index is 1.22. The molecule has 3 heteroatoms. The van der Waals surface area contributed by atoms with Crippen molar-refractivity contribution in [1.82, 2.24) is 0 Å². The first-order valence-electron chi connectivity index (χ1n) is 6.28. The van der Waals surface area contributed by atoms with Gasteiger partial charge in [0.15, 0.2) is 0 Å². The smallest absolute Gasteiger partial charge is 0.0794 e. The minimum atomic E-state index is 1.22. The van der Waals surface area contributed by atoms with Crippen LogP contribution in [0, 0.1) is 19.8 Å². The van der Waals surface area contributed by atoms with Gasteiger partial charge in [0.25, 0.3) is 0 Å². The summed E-state index contributed by atoms with van der Waals surface area (Å²) in [6.07, 6.45) is 14.9. The van der Waals surface area contributed by atoms with Gasteiger partial charge in [-0.3, -0.25) is 4.99 Å². The SMILES string of the molecule is C#C.CN=CN.Cc1ccccc1/C=C/C1=CSCC1. The van der Waals surface area contributed by atoms with Crippen molar-refractivity contribution in [2.45, 2.75) is 13.3 Å². The number of aryl methyl sites for hydroxylation is 1. The summed E-state index contributed by atoms with van der Waals surface area (Å²) in [5.74, 6) is 1.24. The molecule has 0 saturated carbocycles. The molecule has 0 unspecified atom stereocenters. The van der Waals surface area contributed by atoms with Gasteiger partial charge in [0.05, 0.1) is 6.34 Å². The highest BCUT2D eigenvalue weighted by molar-refractivity contribution is 8.02. The molecule has 0 bridgehead atoms. The van der Waals surface area contributed by atoms with Crippen LogP contribution in [0.4, 0.5) is 0 Å². The molecule has 0 amide bonds. The zero-order valence-corrected chi connectivity index (χ0v) is 12.9. The largest absolute Gasteiger partial charge is 0.390 e. The fraction of sp³-hybridized carbons (Fsp3) is 0.235. The fourth-order valence-electron chi connectivity index (χ4n) is 1.49. The van der Waals surface area contributed by atoms with Gasteiger partial charge in [-0.05, 0) is 35.5 Å². The van der Waals surface area contributed by atoms with Crippen molar-refractivity contribution >= 4 is 24.2 Å². The molecule has 0 aliphatic carbocycles. The zero-order valence-electron chi connectivity index (χ0n) is 12.1. The van der Waals surface area contributed by atoms with E-state index in [1.54, 1.807) is 7.05 Å². The van der Waals surface area contributed by atoms with Crippen molar-refractivity contribution in [3.8, 4) is 12.8 Å². The number of nitrogens with two attached hydrogens (primary N) is 1. The van der Waals surface area contributed by atoms with Crippen LogP contribution in [-0.4, -0.2) is 19.1 Å². The van der Waals surface area contributed by atoms with E-state index < -0.39 is 0 Å². The molecular formula is C17H22N2S. The first-order valence-corrected chi connectivity index (χ1v) is 7.33. The Labute approximate surface area is 126 Å². The maximum atomic E-state index is 4.74. The van der Waals surface area contributed by atoms with Crippen molar-refractivity contribution in [2.75, 3.05) is 12.8 Å². The summed E-state index contributed by atoms with van der Waals surface area (Å²) in [4.78, 5) is 3.39. The Morgan fingerprint density at radius 3 is 2.40 bits per heavy atom. The Morgan fingerprint density at radius 2 is 1.90 bits per heavy atom. The van der Waals surface area contributed by atoms with Crippen LogP contribution >= 0.6 is 11.8 Å². The Morgan fingerprint density at radius 1 is 1.25 bits per heavy atom. The van der Waals surface area contributed by atoms with E-state index in [0.717, 1.165) is 0 Å². The number of rotatable bonds is 2. The molecule has 0 fully saturated rings. The summed E-state index contributed by atoms with van der Waals surface area (Å²) < 4.78 is 0. The Kier molecular flexibility index (Phi) is 11.0. The third-order valence-corrected chi connectivity index (χ3v) is 3.47. The van der Waals surface area contributed by atoms with Gasteiger partial charge < -0.3 is 5.73 Å². The summed E-state index contributed by atoms with van der Waals surface area (Å²) >= 11 is 1.91. The Bertz CT molecular complexity index is 481. The van der Waals surface area contributed by atoms with Crippen LogP contribution in [0.2, 0.25) is 0 Å². The maximum absolute atomic E-state index is 4.74. The number of benzene rings is 1. The summed E-state index contributed by atoms with van der Waals surface area (Å²) in [6.45, 7) is 2.15. The van der Waals surface area contributed by atoms with Crippen molar-refractivity contribution < 1.29 is 0 Å². The second-order valence-corrected chi connectivity index (χ2v) is 4.89. The van der Waals surface area contributed by atoms with E-state index in [9.17, 15) is 0 Å². The standard InChI is InChI=1S/C13H14S.C2H6N2.C2H2/c1-11-4-2-3-5-13(11)7-6-12-8-9-14-10-12;1-4-2-3;1-2/h2-7,10H,8-9H2,1H3;2H,1H3,(H2,3,4);1-2H/b7-6+;;. The van der Waals surface area contributed by atoms with Gasteiger partial charge in [-0.1, -0.05) is 36.4 Å². The summed E-state index contributed by atoms with van der Waals surface area (Å²) in [5.41, 5.74) is 8.86. The molecule has 0 radical (unpaired) electrons. The molecule has 1 heterocycles.